The van der Waals surface area contributed by atoms with Gasteiger partial charge in [-0.25, -0.2) is 9.78 Å². The molecule has 0 aliphatic heterocycles. The van der Waals surface area contributed by atoms with Crippen molar-refractivity contribution in [2.24, 2.45) is 0 Å². The topological polar surface area (TPSA) is 127 Å². The van der Waals surface area contributed by atoms with E-state index in [9.17, 15) is 14.7 Å². The first-order chi connectivity index (χ1) is 16.4. The third-order valence-electron chi connectivity index (χ3n) is 5.26. The summed E-state index contributed by atoms with van der Waals surface area (Å²) in [5.41, 5.74) is 6.91. The fraction of sp³-hybridized carbons (Fsp3) is 0.160. The molecule has 8 nitrogen and oxygen atoms in total. The van der Waals surface area contributed by atoms with Gasteiger partial charge in [-0.2, -0.15) is 0 Å². The van der Waals surface area contributed by atoms with E-state index in [2.05, 4.69) is 15.6 Å². The van der Waals surface area contributed by atoms with Crippen LogP contribution in [0.5, 0.6) is 5.06 Å². The zero-order valence-electron chi connectivity index (χ0n) is 18.4. The third kappa shape index (κ3) is 5.33. The maximum atomic E-state index is 12.9. The Hall–Kier alpha value is -3.95. The van der Waals surface area contributed by atoms with Crippen molar-refractivity contribution < 1.29 is 19.4 Å². The summed E-state index contributed by atoms with van der Waals surface area (Å²) in [5.74, 6) is -0.293. The van der Waals surface area contributed by atoms with Crippen molar-refractivity contribution in [3.63, 3.8) is 0 Å². The molecule has 2 heterocycles. The maximum Gasteiger partial charge on any atom is 0.413 e. The minimum Gasteiger partial charge on any atom is -0.399 e. The molecule has 5 N–H and O–H groups in total. The van der Waals surface area contributed by atoms with Crippen LogP contribution in [0.15, 0.2) is 72.9 Å². The van der Waals surface area contributed by atoms with Gasteiger partial charge in [-0.05, 0) is 53.8 Å². The van der Waals surface area contributed by atoms with Crippen molar-refractivity contribution in [1.82, 2.24) is 10.3 Å². The Labute approximate surface area is 200 Å². The Bertz CT molecular complexity index is 1310. The number of carbonyl (C=O) groups is 2. The summed E-state index contributed by atoms with van der Waals surface area (Å²) in [5, 5.41) is 18.2. The van der Waals surface area contributed by atoms with Crippen LogP contribution in [0.25, 0.3) is 10.8 Å². The van der Waals surface area contributed by atoms with E-state index in [0.29, 0.717) is 22.1 Å². The highest BCUT2D eigenvalue weighted by molar-refractivity contribution is 7.13. The second-order valence-corrected chi connectivity index (χ2v) is 8.69. The quantitative estimate of drug-likeness (QED) is 0.316. The van der Waals surface area contributed by atoms with Crippen molar-refractivity contribution in [1.29, 1.82) is 0 Å². The molecule has 0 bridgehead atoms. The van der Waals surface area contributed by atoms with E-state index < -0.39 is 24.1 Å². The molecule has 0 spiro atoms. The minimum absolute atomic E-state index is 0.388. The monoisotopic (exact) mass is 476 g/mol. The highest BCUT2D eigenvalue weighted by Crippen LogP contribution is 2.26. The number of aromatic nitrogens is 1. The molecular weight excluding hydrogens is 452 g/mol. The van der Waals surface area contributed by atoms with Crippen LogP contribution >= 0.6 is 11.3 Å². The predicted molar refractivity (Wildman–Crippen MR) is 133 cm³/mol. The molecule has 9 heteroatoms. The van der Waals surface area contributed by atoms with Crippen molar-refractivity contribution in [3.05, 3.63) is 83.4 Å². The summed E-state index contributed by atoms with van der Waals surface area (Å²) < 4.78 is 5.36. The smallest absolute Gasteiger partial charge is 0.399 e. The summed E-state index contributed by atoms with van der Waals surface area (Å²) in [7, 11) is 0. The van der Waals surface area contributed by atoms with Gasteiger partial charge in [-0.3, -0.25) is 4.79 Å². The number of nitrogen functional groups attached to an aromatic ring is 1. The largest absolute Gasteiger partial charge is 0.413 e. The number of aryl methyl sites for hydroxylation is 1. The average Bonchev–Trinajstić information content (AvgIpc) is 3.30. The van der Waals surface area contributed by atoms with Crippen LogP contribution in [0.4, 0.5) is 16.3 Å². The van der Waals surface area contributed by atoms with Gasteiger partial charge in [0.05, 0.1) is 6.04 Å². The number of rotatable bonds is 7. The lowest BCUT2D eigenvalue weighted by atomic mass is 10.0. The molecule has 0 saturated carbocycles. The van der Waals surface area contributed by atoms with Crippen molar-refractivity contribution in [2.75, 3.05) is 11.1 Å². The zero-order valence-corrected chi connectivity index (χ0v) is 19.2. The highest BCUT2D eigenvalue weighted by atomic mass is 32.1. The molecule has 0 aliphatic carbocycles. The van der Waals surface area contributed by atoms with Gasteiger partial charge in [0.15, 0.2) is 11.2 Å². The first-order valence-electron chi connectivity index (χ1n) is 10.7. The minimum atomic E-state index is -1.58. The Balaban J connectivity index is 1.51. The van der Waals surface area contributed by atoms with Crippen molar-refractivity contribution in [2.45, 2.75) is 25.5 Å². The van der Waals surface area contributed by atoms with E-state index in [1.165, 1.54) is 11.3 Å². The van der Waals surface area contributed by atoms with Crippen LogP contribution in [-0.4, -0.2) is 28.2 Å². The van der Waals surface area contributed by atoms with Gasteiger partial charge in [0.2, 0.25) is 0 Å². The van der Waals surface area contributed by atoms with E-state index in [1.54, 1.807) is 66.9 Å². The number of anilines is 2. The number of nitrogens with two attached hydrogens (primary N) is 1. The van der Waals surface area contributed by atoms with Crippen LogP contribution in [0, 0.1) is 0 Å². The Kier molecular flexibility index (Phi) is 7.05. The SMILES string of the molecule is CCc1ccc(OC(=O)NC(c2ccccc2)C(O)C(=O)Nc2ccc3c(N)nccc3c2)s1. The summed E-state index contributed by atoms with van der Waals surface area (Å²) in [4.78, 5) is 30.6. The van der Waals surface area contributed by atoms with Gasteiger partial charge in [0.1, 0.15) is 5.82 Å². The molecule has 4 aromatic rings. The van der Waals surface area contributed by atoms with E-state index in [0.717, 1.165) is 22.1 Å². The molecule has 2 amide bonds. The Morgan fingerprint density at radius 2 is 1.91 bits per heavy atom. The van der Waals surface area contributed by atoms with Crippen LogP contribution in [0.2, 0.25) is 0 Å². The van der Waals surface area contributed by atoms with Crippen LogP contribution < -0.4 is 21.1 Å². The predicted octanol–water partition coefficient (Wildman–Crippen LogP) is 4.27. The number of carbonyl (C=O) groups excluding carboxylic acids is 2. The summed E-state index contributed by atoms with van der Waals surface area (Å²) in [6.07, 6.45) is 0.0661. The number of hydrogen-bond donors (Lipinski definition) is 4. The summed E-state index contributed by atoms with van der Waals surface area (Å²) in [6.45, 7) is 2.01. The molecule has 0 fully saturated rings. The lowest BCUT2D eigenvalue weighted by Crippen LogP contribution is -2.43. The van der Waals surface area contributed by atoms with Gasteiger partial charge in [0.25, 0.3) is 5.91 Å². The van der Waals surface area contributed by atoms with E-state index in [-0.39, 0.29) is 0 Å². The molecule has 34 heavy (non-hydrogen) atoms. The number of nitrogens with one attached hydrogen (secondary N) is 2. The molecule has 2 aromatic heterocycles. The number of fused-ring (bicyclic) bond motifs is 1. The third-order valence-corrected chi connectivity index (χ3v) is 6.37. The van der Waals surface area contributed by atoms with Gasteiger partial charge in [0, 0.05) is 22.1 Å². The first-order valence-corrected chi connectivity index (χ1v) is 11.5. The highest BCUT2D eigenvalue weighted by Gasteiger charge is 2.30. The number of ether oxygens (including phenoxy) is 1. The standard InChI is InChI=1S/C25H24N4O4S/c1-2-18-9-11-20(34-18)33-25(32)29-21(15-6-4-3-5-7-15)22(30)24(31)28-17-8-10-19-16(14-17)12-13-27-23(19)26/h3-14,21-22,30H,2H2,1H3,(H2,26,27)(H,28,31)(H,29,32). The molecule has 0 radical (unpaired) electrons. The fourth-order valence-electron chi connectivity index (χ4n) is 3.50. The molecule has 2 unspecified atom stereocenters. The first kappa shape index (κ1) is 23.2. The zero-order chi connectivity index (χ0) is 24.1. The molecule has 2 atom stereocenters. The number of benzene rings is 2. The maximum absolute atomic E-state index is 12.9. The van der Waals surface area contributed by atoms with Gasteiger partial charge < -0.3 is 26.2 Å². The Morgan fingerprint density at radius 1 is 1.12 bits per heavy atom. The molecule has 0 aliphatic rings. The van der Waals surface area contributed by atoms with Gasteiger partial charge in [-0.15, -0.1) is 11.3 Å². The second kappa shape index (κ2) is 10.3. The number of pyridine rings is 1. The molecular formula is C25H24N4O4S. The number of aliphatic hydroxyl groups is 1. The summed E-state index contributed by atoms with van der Waals surface area (Å²) >= 11 is 1.36. The van der Waals surface area contributed by atoms with Crippen LogP contribution in [-0.2, 0) is 11.2 Å². The summed E-state index contributed by atoms with van der Waals surface area (Å²) in [6, 6.07) is 18.3. The van der Waals surface area contributed by atoms with Gasteiger partial charge in [-0.1, -0.05) is 37.3 Å². The van der Waals surface area contributed by atoms with E-state index in [4.69, 9.17) is 10.5 Å². The lowest BCUT2D eigenvalue weighted by molar-refractivity contribution is -0.125. The van der Waals surface area contributed by atoms with Crippen LogP contribution in [0.3, 0.4) is 0 Å². The van der Waals surface area contributed by atoms with Gasteiger partial charge >= 0.3 is 6.09 Å². The lowest BCUT2D eigenvalue weighted by Gasteiger charge is -2.23. The molecule has 2 aromatic carbocycles. The number of nitrogens with zero attached hydrogens (tertiary/aromatic N) is 1. The average molecular weight is 477 g/mol. The van der Waals surface area contributed by atoms with Crippen LogP contribution in [0.1, 0.15) is 23.4 Å². The fourth-order valence-corrected chi connectivity index (χ4v) is 4.29. The molecule has 4 rings (SSSR count). The molecule has 0 saturated heterocycles. The number of aliphatic hydroxyl groups excluding tert-OH is 1. The van der Waals surface area contributed by atoms with Crippen molar-refractivity contribution in [3.8, 4) is 5.06 Å². The van der Waals surface area contributed by atoms with Crippen molar-refractivity contribution >= 4 is 45.6 Å². The normalized spacial score (nSPS) is 12.6. The number of amides is 2. The van der Waals surface area contributed by atoms with E-state index in [1.807, 2.05) is 13.0 Å². The second-order valence-electron chi connectivity index (χ2n) is 7.56. The number of thiophene rings is 1. The van der Waals surface area contributed by atoms with E-state index >= 15 is 0 Å². The molecule has 174 valence electrons. The number of hydrogen-bond acceptors (Lipinski definition) is 7. The Morgan fingerprint density at radius 3 is 2.65 bits per heavy atom.